The standard InChI is InChI=1S/C26H32ClN3O5/c1-16(2)21(29-22(31)19-7-6-8-20(28-19)24(33)35-5)23(32)30-14-13-26(34,25(3,4)15-30)17-9-11-18(27)12-10-17/h6-12,16,21,34H,13-15H2,1-5H3,(H,29,31)/t21-,26+/m1/s1. The van der Waals surface area contributed by atoms with Gasteiger partial charge in [-0.3, -0.25) is 9.59 Å². The quantitative estimate of drug-likeness (QED) is 0.587. The van der Waals surface area contributed by atoms with Crippen LogP contribution in [0.5, 0.6) is 0 Å². The molecular formula is C26H32ClN3O5. The number of benzene rings is 1. The molecule has 1 aromatic heterocycles. The van der Waals surface area contributed by atoms with Gasteiger partial charge in [0.15, 0.2) is 0 Å². The summed E-state index contributed by atoms with van der Waals surface area (Å²) < 4.78 is 4.66. The molecule has 0 aliphatic carbocycles. The first-order chi connectivity index (χ1) is 16.4. The van der Waals surface area contributed by atoms with Gasteiger partial charge < -0.3 is 20.1 Å². The van der Waals surface area contributed by atoms with Crippen LogP contribution in [0.3, 0.4) is 0 Å². The number of aliphatic hydroxyl groups is 1. The van der Waals surface area contributed by atoms with E-state index in [-0.39, 0.29) is 23.2 Å². The van der Waals surface area contributed by atoms with Crippen molar-refractivity contribution in [3.8, 4) is 0 Å². The highest BCUT2D eigenvalue weighted by atomic mass is 35.5. The number of rotatable bonds is 6. The number of esters is 1. The van der Waals surface area contributed by atoms with Crippen LogP contribution in [0, 0.1) is 11.3 Å². The van der Waals surface area contributed by atoms with E-state index in [4.69, 9.17) is 11.6 Å². The first-order valence-corrected chi connectivity index (χ1v) is 11.9. The zero-order chi connectivity index (χ0) is 26.0. The van der Waals surface area contributed by atoms with E-state index in [9.17, 15) is 19.5 Å². The summed E-state index contributed by atoms with van der Waals surface area (Å²) in [5.41, 5.74) is -1.02. The number of nitrogens with zero attached hydrogens (tertiary/aromatic N) is 2. The molecule has 1 aliphatic rings. The maximum Gasteiger partial charge on any atom is 0.356 e. The molecule has 2 heterocycles. The van der Waals surface area contributed by atoms with Crippen LogP contribution in [0.1, 0.15) is 60.7 Å². The molecule has 0 bridgehead atoms. The summed E-state index contributed by atoms with van der Waals surface area (Å²) in [5.74, 6) is -1.64. The second-order valence-electron chi connectivity index (χ2n) is 9.86. The number of carbonyl (C=O) groups is 3. The van der Waals surface area contributed by atoms with Crippen molar-refractivity contribution in [2.45, 2.75) is 45.8 Å². The van der Waals surface area contributed by atoms with Crippen LogP contribution < -0.4 is 5.32 Å². The molecule has 0 spiro atoms. The number of ether oxygens (including phenoxy) is 1. The normalized spacial score (nSPS) is 20.3. The molecule has 9 heteroatoms. The zero-order valence-corrected chi connectivity index (χ0v) is 21.4. The number of hydrogen-bond donors (Lipinski definition) is 2. The number of amides is 2. The first kappa shape index (κ1) is 26.6. The van der Waals surface area contributed by atoms with Crippen molar-refractivity contribution in [1.29, 1.82) is 0 Å². The Morgan fingerprint density at radius 2 is 1.74 bits per heavy atom. The lowest BCUT2D eigenvalue weighted by molar-refractivity contribution is -0.155. The second kappa shape index (κ2) is 10.3. The fourth-order valence-corrected chi connectivity index (χ4v) is 4.60. The number of nitrogens with one attached hydrogen (secondary N) is 1. The Hall–Kier alpha value is -2.97. The van der Waals surface area contributed by atoms with E-state index in [0.29, 0.717) is 24.5 Å². The molecule has 0 radical (unpaired) electrons. The third kappa shape index (κ3) is 5.49. The molecular weight excluding hydrogens is 470 g/mol. The summed E-state index contributed by atoms with van der Waals surface area (Å²) in [6, 6.07) is 10.8. The SMILES string of the molecule is COC(=O)c1cccc(C(=O)N[C@@H](C(=O)N2CC[C@](O)(c3ccc(Cl)cc3)C(C)(C)C2)C(C)C)n1. The Balaban J connectivity index is 1.77. The number of methoxy groups -OCH3 is 1. The Kier molecular flexibility index (Phi) is 7.87. The number of likely N-dealkylation sites (tertiary alicyclic amines) is 1. The number of piperidine rings is 1. The van der Waals surface area contributed by atoms with Crippen molar-refractivity contribution >= 4 is 29.4 Å². The van der Waals surface area contributed by atoms with Crippen molar-refractivity contribution in [3.05, 3.63) is 64.4 Å². The van der Waals surface area contributed by atoms with Crippen LogP contribution in [0.15, 0.2) is 42.5 Å². The molecule has 2 N–H and O–H groups in total. The highest BCUT2D eigenvalue weighted by Crippen LogP contribution is 2.46. The predicted molar refractivity (Wildman–Crippen MR) is 132 cm³/mol. The predicted octanol–water partition coefficient (Wildman–Crippen LogP) is 3.42. The Labute approximate surface area is 210 Å². The molecule has 0 unspecified atom stereocenters. The highest BCUT2D eigenvalue weighted by molar-refractivity contribution is 6.30. The van der Waals surface area contributed by atoms with E-state index in [2.05, 4.69) is 15.0 Å². The third-order valence-corrected chi connectivity index (χ3v) is 6.93. The fraction of sp³-hybridized carbons (Fsp3) is 0.462. The van der Waals surface area contributed by atoms with Gasteiger partial charge in [0.05, 0.1) is 12.7 Å². The van der Waals surface area contributed by atoms with Crippen LogP contribution in [0.4, 0.5) is 0 Å². The second-order valence-corrected chi connectivity index (χ2v) is 10.3. The molecule has 2 atom stereocenters. The van der Waals surface area contributed by atoms with E-state index in [1.54, 1.807) is 17.0 Å². The summed E-state index contributed by atoms with van der Waals surface area (Å²) in [5, 5.41) is 15.0. The number of pyridine rings is 1. The smallest absolute Gasteiger partial charge is 0.356 e. The topological polar surface area (TPSA) is 109 Å². The van der Waals surface area contributed by atoms with Crippen LogP contribution in [0.25, 0.3) is 0 Å². The van der Waals surface area contributed by atoms with Crippen LogP contribution in [0.2, 0.25) is 5.02 Å². The average Bonchev–Trinajstić information content (AvgIpc) is 2.83. The van der Waals surface area contributed by atoms with E-state index >= 15 is 0 Å². The van der Waals surface area contributed by atoms with E-state index < -0.39 is 28.9 Å². The first-order valence-electron chi connectivity index (χ1n) is 11.5. The highest BCUT2D eigenvalue weighted by Gasteiger charge is 2.50. The molecule has 2 aromatic rings. The monoisotopic (exact) mass is 501 g/mol. The summed E-state index contributed by atoms with van der Waals surface area (Å²) >= 11 is 6.02. The van der Waals surface area contributed by atoms with Gasteiger partial charge in [0, 0.05) is 23.5 Å². The van der Waals surface area contributed by atoms with Crippen LogP contribution in [-0.4, -0.2) is 59.0 Å². The summed E-state index contributed by atoms with van der Waals surface area (Å²) in [6.45, 7) is 8.18. The average molecular weight is 502 g/mol. The van der Waals surface area contributed by atoms with Crippen LogP contribution >= 0.6 is 11.6 Å². The zero-order valence-electron chi connectivity index (χ0n) is 20.7. The van der Waals surface area contributed by atoms with E-state index in [0.717, 1.165) is 5.56 Å². The number of halogens is 1. The lowest BCUT2D eigenvalue weighted by Gasteiger charge is -2.51. The molecule has 8 nitrogen and oxygen atoms in total. The molecule has 188 valence electrons. The lowest BCUT2D eigenvalue weighted by atomic mass is 9.66. The number of aromatic nitrogens is 1. The minimum Gasteiger partial charge on any atom is -0.464 e. The maximum absolute atomic E-state index is 13.5. The minimum atomic E-state index is -1.14. The van der Waals surface area contributed by atoms with Gasteiger partial charge in [-0.05, 0) is 42.2 Å². The minimum absolute atomic E-state index is 0.00633. The Bertz CT molecular complexity index is 1100. The molecule has 1 aromatic carbocycles. The van der Waals surface area contributed by atoms with E-state index in [1.165, 1.54) is 25.3 Å². The van der Waals surface area contributed by atoms with Gasteiger partial charge in [-0.1, -0.05) is 57.5 Å². The largest absolute Gasteiger partial charge is 0.464 e. The van der Waals surface area contributed by atoms with Gasteiger partial charge in [0.1, 0.15) is 17.4 Å². The van der Waals surface area contributed by atoms with Gasteiger partial charge >= 0.3 is 5.97 Å². The molecule has 1 fully saturated rings. The Morgan fingerprint density at radius 3 is 2.31 bits per heavy atom. The molecule has 3 rings (SSSR count). The van der Waals surface area contributed by atoms with Crippen molar-refractivity contribution in [3.63, 3.8) is 0 Å². The molecule has 1 aliphatic heterocycles. The molecule has 0 saturated carbocycles. The van der Waals surface area contributed by atoms with E-state index in [1.807, 2.05) is 39.8 Å². The van der Waals surface area contributed by atoms with Gasteiger partial charge in [0.25, 0.3) is 5.91 Å². The lowest BCUT2D eigenvalue weighted by Crippen LogP contribution is -2.60. The van der Waals surface area contributed by atoms with Gasteiger partial charge in [-0.15, -0.1) is 0 Å². The summed E-state index contributed by atoms with van der Waals surface area (Å²) in [6.07, 6.45) is 0.342. The van der Waals surface area contributed by atoms with Crippen molar-refractivity contribution in [2.24, 2.45) is 11.3 Å². The van der Waals surface area contributed by atoms with Gasteiger partial charge in [-0.2, -0.15) is 0 Å². The van der Waals surface area contributed by atoms with Crippen molar-refractivity contribution in [2.75, 3.05) is 20.2 Å². The molecule has 2 amide bonds. The van der Waals surface area contributed by atoms with Crippen molar-refractivity contribution < 1.29 is 24.2 Å². The summed E-state index contributed by atoms with van der Waals surface area (Å²) in [4.78, 5) is 43.9. The Morgan fingerprint density at radius 1 is 1.11 bits per heavy atom. The van der Waals surface area contributed by atoms with Crippen molar-refractivity contribution in [1.82, 2.24) is 15.2 Å². The summed E-state index contributed by atoms with van der Waals surface area (Å²) in [7, 11) is 1.23. The molecule has 35 heavy (non-hydrogen) atoms. The number of carbonyl (C=O) groups excluding carboxylic acids is 3. The maximum atomic E-state index is 13.5. The fourth-order valence-electron chi connectivity index (χ4n) is 4.48. The van der Waals surface area contributed by atoms with Crippen LogP contribution in [-0.2, 0) is 15.1 Å². The number of hydrogen-bond acceptors (Lipinski definition) is 6. The van der Waals surface area contributed by atoms with Gasteiger partial charge in [-0.25, -0.2) is 9.78 Å². The van der Waals surface area contributed by atoms with Gasteiger partial charge in [0.2, 0.25) is 5.91 Å². The third-order valence-electron chi connectivity index (χ3n) is 6.68. The molecule has 1 saturated heterocycles.